The van der Waals surface area contributed by atoms with Crippen LogP contribution in [0.1, 0.15) is 0 Å². The van der Waals surface area contributed by atoms with Crippen LogP contribution in [0, 0.1) is 9.39 Å². The zero-order valence-corrected chi connectivity index (χ0v) is 9.55. The molecule has 1 aliphatic rings. The summed E-state index contributed by atoms with van der Waals surface area (Å²) in [5.74, 6) is -0.248. The third-order valence-electron chi connectivity index (χ3n) is 2.09. The van der Waals surface area contributed by atoms with Gasteiger partial charge in [-0.2, -0.15) is 0 Å². The Morgan fingerprint density at radius 2 is 2.21 bits per heavy atom. The minimum absolute atomic E-state index is 0.248. The molecule has 0 amide bonds. The summed E-state index contributed by atoms with van der Waals surface area (Å²) in [5.41, 5.74) is 6.96. The number of rotatable bonds is 2. The van der Waals surface area contributed by atoms with Gasteiger partial charge in [-0.15, -0.1) is 0 Å². The van der Waals surface area contributed by atoms with E-state index in [1.807, 2.05) is 22.6 Å². The second kappa shape index (κ2) is 3.90. The van der Waals surface area contributed by atoms with Gasteiger partial charge in [-0.3, -0.25) is 0 Å². The summed E-state index contributed by atoms with van der Waals surface area (Å²) < 4.78 is 18.7. The van der Waals surface area contributed by atoms with E-state index in [-0.39, 0.29) is 11.9 Å². The van der Waals surface area contributed by atoms with Gasteiger partial charge < -0.3 is 15.8 Å². The lowest BCUT2D eigenvalue weighted by Gasteiger charge is -2.28. The maximum Gasteiger partial charge on any atom is 0.138 e. The fourth-order valence-corrected chi connectivity index (χ4v) is 1.72. The average molecular weight is 308 g/mol. The Kier molecular flexibility index (Phi) is 2.78. The zero-order valence-electron chi connectivity index (χ0n) is 7.39. The van der Waals surface area contributed by atoms with Gasteiger partial charge in [-0.25, -0.2) is 4.39 Å². The highest BCUT2D eigenvalue weighted by Gasteiger charge is 2.19. The van der Waals surface area contributed by atoms with Crippen molar-refractivity contribution in [1.82, 2.24) is 0 Å². The first-order chi connectivity index (χ1) is 6.66. The minimum atomic E-state index is -0.248. The van der Waals surface area contributed by atoms with Crippen LogP contribution in [0.4, 0.5) is 15.8 Å². The molecule has 0 saturated carbocycles. The highest BCUT2D eigenvalue weighted by molar-refractivity contribution is 14.1. The molecule has 0 aliphatic carbocycles. The summed E-state index contributed by atoms with van der Waals surface area (Å²) in [4.78, 5) is 0. The Hall–Kier alpha value is -0.560. The van der Waals surface area contributed by atoms with E-state index in [0.717, 1.165) is 0 Å². The quantitative estimate of drug-likeness (QED) is 0.647. The summed E-state index contributed by atoms with van der Waals surface area (Å²) in [6.07, 6.45) is 0. The van der Waals surface area contributed by atoms with Crippen LogP contribution in [0.25, 0.3) is 0 Å². The molecular formula is C9H10FIN2O. The molecule has 0 unspecified atom stereocenters. The molecule has 3 nitrogen and oxygen atoms in total. The Morgan fingerprint density at radius 3 is 2.79 bits per heavy atom. The van der Waals surface area contributed by atoms with Crippen LogP contribution in [-0.2, 0) is 4.74 Å². The Balaban J connectivity index is 2.19. The number of hydrogen-bond donors (Lipinski definition) is 2. The van der Waals surface area contributed by atoms with Crippen molar-refractivity contribution in [3.05, 3.63) is 21.5 Å². The second-order valence-corrected chi connectivity index (χ2v) is 4.39. The standard InChI is InChI=1S/C9H10FIN2O/c10-6-1-9(8(12)2-7(6)11)13-5-3-14-4-5/h1-2,5,13H,3-4,12H2. The monoisotopic (exact) mass is 308 g/mol. The van der Waals surface area contributed by atoms with Gasteiger partial charge in [0.2, 0.25) is 0 Å². The Bertz CT molecular complexity index is 355. The molecule has 14 heavy (non-hydrogen) atoms. The van der Waals surface area contributed by atoms with E-state index in [4.69, 9.17) is 10.5 Å². The number of benzene rings is 1. The van der Waals surface area contributed by atoms with Gasteiger partial charge in [0.25, 0.3) is 0 Å². The molecule has 1 fully saturated rings. The van der Waals surface area contributed by atoms with Crippen molar-refractivity contribution in [2.75, 3.05) is 24.3 Å². The second-order valence-electron chi connectivity index (χ2n) is 3.23. The number of nitrogens with one attached hydrogen (secondary N) is 1. The van der Waals surface area contributed by atoms with Gasteiger partial charge in [-0.1, -0.05) is 0 Å². The summed E-state index contributed by atoms with van der Waals surface area (Å²) in [6.45, 7) is 1.32. The number of nitrogen functional groups attached to an aromatic ring is 1. The van der Waals surface area contributed by atoms with Crippen LogP contribution in [0.15, 0.2) is 12.1 Å². The van der Waals surface area contributed by atoms with Gasteiger partial charge in [0.05, 0.1) is 34.2 Å². The summed E-state index contributed by atoms with van der Waals surface area (Å²) in [6, 6.07) is 3.31. The molecule has 1 aliphatic heterocycles. The van der Waals surface area contributed by atoms with Crippen molar-refractivity contribution in [2.45, 2.75) is 6.04 Å². The molecule has 0 spiro atoms. The van der Waals surface area contributed by atoms with Crippen molar-refractivity contribution < 1.29 is 9.13 Å². The van der Waals surface area contributed by atoms with Crippen molar-refractivity contribution in [1.29, 1.82) is 0 Å². The molecule has 76 valence electrons. The van der Waals surface area contributed by atoms with Crippen LogP contribution in [0.3, 0.4) is 0 Å². The summed E-state index contributed by atoms with van der Waals surface area (Å²) >= 11 is 1.92. The number of ether oxygens (including phenoxy) is 1. The molecule has 0 radical (unpaired) electrons. The van der Waals surface area contributed by atoms with E-state index in [0.29, 0.717) is 28.2 Å². The number of nitrogens with two attached hydrogens (primary N) is 1. The smallest absolute Gasteiger partial charge is 0.138 e. The minimum Gasteiger partial charge on any atom is -0.397 e. The topological polar surface area (TPSA) is 47.3 Å². The number of anilines is 2. The first-order valence-corrected chi connectivity index (χ1v) is 5.33. The maximum atomic E-state index is 13.2. The van der Waals surface area contributed by atoms with Gasteiger partial charge in [0.15, 0.2) is 0 Å². The Labute approximate surface area is 95.0 Å². The van der Waals surface area contributed by atoms with Crippen molar-refractivity contribution in [3.63, 3.8) is 0 Å². The van der Waals surface area contributed by atoms with Crippen LogP contribution in [0.2, 0.25) is 0 Å². The van der Waals surface area contributed by atoms with E-state index in [1.165, 1.54) is 6.07 Å². The fourth-order valence-electron chi connectivity index (χ4n) is 1.23. The highest BCUT2D eigenvalue weighted by atomic mass is 127. The molecule has 1 saturated heterocycles. The van der Waals surface area contributed by atoms with Crippen molar-refractivity contribution in [3.8, 4) is 0 Å². The van der Waals surface area contributed by atoms with Crippen LogP contribution < -0.4 is 11.1 Å². The van der Waals surface area contributed by atoms with Crippen LogP contribution in [-0.4, -0.2) is 19.3 Å². The molecule has 1 aromatic carbocycles. The summed E-state index contributed by atoms with van der Waals surface area (Å²) in [7, 11) is 0. The molecule has 0 bridgehead atoms. The molecule has 2 rings (SSSR count). The summed E-state index contributed by atoms with van der Waals surface area (Å²) in [5, 5.41) is 3.12. The molecule has 0 atom stereocenters. The first kappa shape index (κ1) is 9.97. The van der Waals surface area contributed by atoms with E-state index in [9.17, 15) is 4.39 Å². The van der Waals surface area contributed by atoms with Gasteiger partial charge in [0.1, 0.15) is 5.82 Å². The average Bonchev–Trinajstić information content (AvgIpc) is 2.06. The van der Waals surface area contributed by atoms with Crippen molar-refractivity contribution in [2.24, 2.45) is 0 Å². The first-order valence-electron chi connectivity index (χ1n) is 4.25. The lowest BCUT2D eigenvalue weighted by molar-refractivity contribution is 0.0211. The number of hydrogen-bond acceptors (Lipinski definition) is 3. The lowest BCUT2D eigenvalue weighted by Crippen LogP contribution is -2.40. The van der Waals surface area contributed by atoms with Crippen molar-refractivity contribution >= 4 is 34.0 Å². The molecule has 3 N–H and O–H groups in total. The highest BCUT2D eigenvalue weighted by Crippen LogP contribution is 2.25. The normalized spacial score (nSPS) is 16.4. The largest absolute Gasteiger partial charge is 0.397 e. The molecular weight excluding hydrogens is 298 g/mol. The van der Waals surface area contributed by atoms with E-state index in [2.05, 4.69) is 5.32 Å². The molecule has 1 aromatic rings. The third kappa shape index (κ3) is 1.93. The Morgan fingerprint density at radius 1 is 1.50 bits per heavy atom. The van der Waals surface area contributed by atoms with E-state index in [1.54, 1.807) is 6.07 Å². The number of halogens is 2. The molecule has 1 heterocycles. The van der Waals surface area contributed by atoms with E-state index >= 15 is 0 Å². The molecule has 0 aromatic heterocycles. The fraction of sp³-hybridized carbons (Fsp3) is 0.333. The SMILES string of the molecule is Nc1cc(I)c(F)cc1NC1COC1. The zero-order chi connectivity index (χ0) is 10.1. The van der Waals surface area contributed by atoms with E-state index < -0.39 is 0 Å². The lowest BCUT2D eigenvalue weighted by atomic mass is 10.2. The van der Waals surface area contributed by atoms with Crippen LogP contribution >= 0.6 is 22.6 Å². The van der Waals surface area contributed by atoms with Gasteiger partial charge >= 0.3 is 0 Å². The van der Waals surface area contributed by atoms with Crippen LogP contribution in [0.5, 0.6) is 0 Å². The predicted octanol–water partition coefficient (Wildman–Crippen LogP) is 1.82. The molecule has 5 heteroatoms. The third-order valence-corrected chi connectivity index (χ3v) is 2.92. The van der Waals surface area contributed by atoms with Gasteiger partial charge in [-0.05, 0) is 28.7 Å². The predicted molar refractivity (Wildman–Crippen MR) is 61.8 cm³/mol. The van der Waals surface area contributed by atoms with Gasteiger partial charge in [0, 0.05) is 6.07 Å². The maximum absolute atomic E-state index is 13.2.